The summed E-state index contributed by atoms with van der Waals surface area (Å²) >= 11 is 0. The lowest BCUT2D eigenvalue weighted by molar-refractivity contribution is 0.0780. The van der Waals surface area contributed by atoms with Gasteiger partial charge >= 0.3 is 0 Å². The molecule has 0 radical (unpaired) electrons. The molecule has 74 valence electrons. The van der Waals surface area contributed by atoms with Gasteiger partial charge in [0.25, 0.3) is 0 Å². The van der Waals surface area contributed by atoms with Crippen molar-refractivity contribution in [3.8, 4) is 0 Å². The molecule has 2 aromatic rings. The SMILES string of the molecule is Cc1cc2cn[nH]c2cc1C(C)(C)O. The summed E-state index contributed by atoms with van der Waals surface area (Å²) in [6, 6.07) is 3.99. The number of nitrogens with zero attached hydrogens (tertiary/aromatic N) is 1. The summed E-state index contributed by atoms with van der Waals surface area (Å²) in [5.74, 6) is 0. The Kier molecular flexibility index (Phi) is 1.86. The third kappa shape index (κ3) is 1.40. The van der Waals surface area contributed by atoms with E-state index in [1.165, 1.54) is 0 Å². The second-order valence-corrected chi connectivity index (χ2v) is 4.18. The molecule has 0 amide bonds. The highest BCUT2D eigenvalue weighted by molar-refractivity contribution is 5.79. The van der Waals surface area contributed by atoms with Gasteiger partial charge in [0.15, 0.2) is 0 Å². The maximum atomic E-state index is 9.93. The molecule has 0 saturated carbocycles. The van der Waals surface area contributed by atoms with Crippen LogP contribution in [0.2, 0.25) is 0 Å². The lowest BCUT2D eigenvalue weighted by Crippen LogP contribution is -2.16. The van der Waals surface area contributed by atoms with Crippen molar-refractivity contribution in [2.75, 3.05) is 0 Å². The number of hydrogen-bond acceptors (Lipinski definition) is 2. The number of fused-ring (bicyclic) bond motifs is 1. The Hall–Kier alpha value is -1.35. The highest BCUT2D eigenvalue weighted by Crippen LogP contribution is 2.26. The number of nitrogens with one attached hydrogen (secondary N) is 1. The third-order valence-corrected chi connectivity index (χ3v) is 2.44. The van der Waals surface area contributed by atoms with Crippen LogP contribution in [0.1, 0.15) is 25.0 Å². The predicted molar refractivity (Wildman–Crippen MR) is 56.1 cm³/mol. The zero-order valence-electron chi connectivity index (χ0n) is 8.63. The van der Waals surface area contributed by atoms with E-state index in [4.69, 9.17) is 0 Å². The lowest BCUT2D eigenvalue weighted by atomic mass is 9.93. The average Bonchev–Trinajstić information content (AvgIpc) is 2.47. The largest absolute Gasteiger partial charge is 0.386 e. The summed E-state index contributed by atoms with van der Waals surface area (Å²) in [7, 11) is 0. The first-order valence-electron chi connectivity index (χ1n) is 4.65. The Labute approximate surface area is 82.8 Å². The quantitative estimate of drug-likeness (QED) is 0.723. The van der Waals surface area contributed by atoms with Gasteiger partial charge < -0.3 is 5.11 Å². The molecule has 1 aromatic carbocycles. The summed E-state index contributed by atoms with van der Waals surface area (Å²) in [4.78, 5) is 0. The first kappa shape index (κ1) is 9.21. The van der Waals surface area contributed by atoms with Crippen molar-refractivity contribution in [1.29, 1.82) is 0 Å². The highest BCUT2D eigenvalue weighted by Gasteiger charge is 2.19. The second-order valence-electron chi connectivity index (χ2n) is 4.18. The zero-order valence-corrected chi connectivity index (χ0v) is 8.63. The third-order valence-electron chi connectivity index (χ3n) is 2.44. The number of aromatic amines is 1. The predicted octanol–water partition coefficient (Wildman–Crippen LogP) is 2.10. The molecule has 1 aromatic heterocycles. The minimum absolute atomic E-state index is 0.802. The molecule has 0 bridgehead atoms. The van der Waals surface area contributed by atoms with Crippen molar-refractivity contribution < 1.29 is 5.11 Å². The molecule has 0 aliphatic heterocycles. The van der Waals surface area contributed by atoms with Gasteiger partial charge in [-0.25, -0.2) is 0 Å². The van der Waals surface area contributed by atoms with E-state index >= 15 is 0 Å². The van der Waals surface area contributed by atoms with Crippen LogP contribution < -0.4 is 0 Å². The van der Waals surface area contributed by atoms with E-state index in [0.717, 1.165) is 22.0 Å². The van der Waals surface area contributed by atoms with E-state index in [-0.39, 0.29) is 0 Å². The highest BCUT2D eigenvalue weighted by atomic mass is 16.3. The molecular weight excluding hydrogens is 176 g/mol. The van der Waals surface area contributed by atoms with Crippen molar-refractivity contribution in [2.45, 2.75) is 26.4 Å². The van der Waals surface area contributed by atoms with Crippen LogP contribution in [0, 0.1) is 6.92 Å². The normalized spacial score (nSPS) is 12.3. The van der Waals surface area contributed by atoms with Crippen molar-refractivity contribution in [3.05, 3.63) is 29.5 Å². The molecule has 0 saturated heterocycles. The van der Waals surface area contributed by atoms with Crippen LogP contribution >= 0.6 is 0 Å². The number of aliphatic hydroxyl groups is 1. The van der Waals surface area contributed by atoms with Crippen LogP contribution in [0.4, 0.5) is 0 Å². The number of aromatic nitrogens is 2. The maximum absolute atomic E-state index is 9.93. The standard InChI is InChI=1S/C11H14N2O/c1-7-4-8-6-12-13-10(8)5-9(7)11(2,3)14/h4-6,14H,1-3H3,(H,12,13). The Morgan fingerprint density at radius 2 is 2.07 bits per heavy atom. The van der Waals surface area contributed by atoms with Gasteiger partial charge in [0.1, 0.15) is 0 Å². The second kappa shape index (κ2) is 2.82. The summed E-state index contributed by atoms with van der Waals surface area (Å²) in [6.07, 6.45) is 1.79. The monoisotopic (exact) mass is 190 g/mol. The summed E-state index contributed by atoms with van der Waals surface area (Å²) in [5, 5.41) is 17.9. The molecule has 0 aliphatic carbocycles. The number of aryl methyl sites for hydroxylation is 1. The molecule has 0 unspecified atom stereocenters. The van der Waals surface area contributed by atoms with Gasteiger partial charge in [0, 0.05) is 5.39 Å². The number of hydrogen-bond donors (Lipinski definition) is 2. The Morgan fingerprint density at radius 3 is 2.71 bits per heavy atom. The van der Waals surface area contributed by atoms with Crippen LogP contribution in [-0.2, 0) is 5.60 Å². The van der Waals surface area contributed by atoms with E-state index in [1.807, 2.05) is 19.1 Å². The first-order valence-corrected chi connectivity index (χ1v) is 4.65. The smallest absolute Gasteiger partial charge is 0.0843 e. The molecule has 1 heterocycles. The minimum atomic E-state index is -0.802. The van der Waals surface area contributed by atoms with Crippen molar-refractivity contribution in [3.63, 3.8) is 0 Å². The number of benzene rings is 1. The van der Waals surface area contributed by atoms with Crippen LogP contribution in [0.3, 0.4) is 0 Å². The fourth-order valence-corrected chi connectivity index (χ4v) is 1.76. The zero-order chi connectivity index (χ0) is 10.3. The molecule has 2 N–H and O–H groups in total. The Balaban J connectivity index is 2.71. The molecule has 0 fully saturated rings. The molecule has 2 rings (SSSR count). The molecule has 0 atom stereocenters. The van der Waals surface area contributed by atoms with Crippen LogP contribution in [-0.4, -0.2) is 15.3 Å². The topological polar surface area (TPSA) is 48.9 Å². The Bertz CT molecular complexity index is 466. The van der Waals surface area contributed by atoms with Gasteiger partial charge in [0.05, 0.1) is 17.3 Å². The summed E-state index contributed by atoms with van der Waals surface area (Å²) in [6.45, 7) is 5.58. The van der Waals surface area contributed by atoms with Crippen LogP contribution in [0.25, 0.3) is 10.9 Å². The molecule has 14 heavy (non-hydrogen) atoms. The van der Waals surface area contributed by atoms with Gasteiger partial charge in [-0.15, -0.1) is 0 Å². The van der Waals surface area contributed by atoms with Gasteiger partial charge in [-0.1, -0.05) is 0 Å². The maximum Gasteiger partial charge on any atom is 0.0843 e. The van der Waals surface area contributed by atoms with Crippen molar-refractivity contribution >= 4 is 10.9 Å². The summed E-state index contributed by atoms with van der Waals surface area (Å²) < 4.78 is 0. The van der Waals surface area contributed by atoms with E-state index in [0.29, 0.717) is 0 Å². The van der Waals surface area contributed by atoms with Gasteiger partial charge in [-0.2, -0.15) is 5.10 Å². The number of rotatable bonds is 1. The molecule has 0 spiro atoms. The first-order chi connectivity index (χ1) is 6.48. The molecular formula is C11H14N2O. The molecule has 3 nitrogen and oxygen atoms in total. The molecule has 0 aliphatic rings. The van der Waals surface area contributed by atoms with E-state index in [9.17, 15) is 5.11 Å². The van der Waals surface area contributed by atoms with Crippen LogP contribution in [0.15, 0.2) is 18.3 Å². The van der Waals surface area contributed by atoms with E-state index in [1.54, 1.807) is 20.0 Å². The minimum Gasteiger partial charge on any atom is -0.386 e. The fourth-order valence-electron chi connectivity index (χ4n) is 1.76. The van der Waals surface area contributed by atoms with Gasteiger partial charge in [-0.05, 0) is 44.0 Å². The van der Waals surface area contributed by atoms with Crippen molar-refractivity contribution in [1.82, 2.24) is 10.2 Å². The van der Waals surface area contributed by atoms with Gasteiger partial charge in [-0.3, -0.25) is 5.10 Å². The summed E-state index contributed by atoms with van der Waals surface area (Å²) in [5.41, 5.74) is 2.19. The van der Waals surface area contributed by atoms with E-state index in [2.05, 4.69) is 10.2 Å². The lowest BCUT2D eigenvalue weighted by Gasteiger charge is -2.20. The Morgan fingerprint density at radius 1 is 1.36 bits per heavy atom. The number of H-pyrrole nitrogens is 1. The van der Waals surface area contributed by atoms with E-state index < -0.39 is 5.60 Å². The average molecular weight is 190 g/mol. The van der Waals surface area contributed by atoms with Gasteiger partial charge in [0.2, 0.25) is 0 Å². The van der Waals surface area contributed by atoms with Crippen molar-refractivity contribution in [2.24, 2.45) is 0 Å². The fraction of sp³-hybridized carbons (Fsp3) is 0.364. The van der Waals surface area contributed by atoms with Crippen LogP contribution in [0.5, 0.6) is 0 Å². The molecule has 3 heteroatoms.